The first-order valence-electron chi connectivity index (χ1n) is 16.2. The monoisotopic (exact) mass is 611 g/mol. The van der Waals surface area contributed by atoms with E-state index in [0.29, 0.717) is 17.5 Å². The van der Waals surface area contributed by atoms with Crippen molar-refractivity contribution in [2.45, 2.75) is 0 Å². The second-order valence-corrected chi connectivity index (χ2v) is 12.0. The normalized spacial score (nSPS) is 11.3. The minimum Gasteiger partial charge on any atom is -0.208 e. The molecule has 0 fully saturated rings. The van der Waals surface area contributed by atoms with Crippen molar-refractivity contribution in [1.29, 1.82) is 0 Å². The van der Waals surface area contributed by atoms with Gasteiger partial charge in [0.2, 0.25) is 0 Å². The van der Waals surface area contributed by atoms with Crippen molar-refractivity contribution in [2.75, 3.05) is 0 Å². The van der Waals surface area contributed by atoms with Crippen LogP contribution in [0.2, 0.25) is 0 Å². The Hall–Kier alpha value is -6.45. The fourth-order valence-corrected chi connectivity index (χ4v) is 6.80. The van der Waals surface area contributed by atoms with Gasteiger partial charge in [-0.25, -0.2) is 15.0 Å². The molecule has 8 aromatic carbocycles. The van der Waals surface area contributed by atoms with Gasteiger partial charge in [0.25, 0.3) is 0 Å². The molecule has 0 unspecified atom stereocenters. The molecule has 3 nitrogen and oxygen atoms in total. The molecule has 0 saturated heterocycles. The molecule has 0 amide bonds. The van der Waals surface area contributed by atoms with E-state index in [-0.39, 0.29) is 0 Å². The summed E-state index contributed by atoms with van der Waals surface area (Å²) in [5.74, 6) is 1.95. The summed E-state index contributed by atoms with van der Waals surface area (Å²) in [5.41, 5.74) is 7.62. The summed E-state index contributed by atoms with van der Waals surface area (Å²) in [4.78, 5) is 15.4. The maximum absolute atomic E-state index is 5.22. The maximum Gasteiger partial charge on any atom is 0.164 e. The van der Waals surface area contributed by atoms with Gasteiger partial charge in [-0.05, 0) is 72.8 Å². The Morgan fingerprint density at radius 1 is 0.250 bits per heavy atom. The Balaban J connectivity index is 1.26. The zero-order chi connectivity index (χ0) is 31.9. The molecule has 3 heteroatoms. The van der Waals surface area contributed by atoms with Crippen molar-refractivity contribution in [3.63, 3.8) is 0 Å². The van der Waals surface area contributed by atoms with Crippen LogP contribution >= 0.6 is 0 Å². The molecule has 0 radical (unpaired) electrons. The molecule has 0 spiro atoms. The summed E-state index contributed by atoms with van der Waals surface area (Å²) in [6.45, 7) is 0. The molecular weight excluding hydrogens is 583 g/mol. The van der Waals surface area contributed by atoms with Gasteiger partial charge in [0.1, 0.15) is 0 Å². The first-order valence-corrected chi connectivity index (χ1v) is 16.2. The largest absolute Gasteiger partial charge is 0.208 e. The molecule has 0 N–H and O–H groups in total. The van der Waals surface area contributed by atoms with Crippen molar-refractivity contribution in [3.05, 3.63) is 176 Å². The molecule has 9 aromatic rings. The zero-order valence-electron chi connectivity index (χ0n) is 26.1. The zero-order valence-corrected chi connectivity index (χ0v) is 26.1. The van der Waals surface area contributed by atoms with Gasteiger partial charge in [-0.1, -0.05) is 158 Å². The summed E-state index contributed by atoms with van der Waals surface area (Å²) in [7, 11) is 0. The number of fused-ring (bicyclic) bond motifs is 3. The van der Waals surface area contributed by atoms with Gasteiger partial charge >= 0.3 is 0 Å². The molecule has 0 aliphatic heterocycles. The number of aromatic nitrogens is 3. The highest BCUT2D eigenvalue weighted by Gasteiger charge is 2.18. The standard InChI is InChI=1S/C45H29N3/c1-3-14-31(15-4-1)35-25-27-41(39-21-11-9-19-37(35)39)44-46-43(32-16-5-2-6-17-32)47-45(48-44)42-28-26-36(38-20-10-12-22-40(38)42)34-24-23-30-13-7-8-18-33(30)29-34/h1-29H. The van der Waals surface area contributed by atoms with Crippen LogP contribution in [-0.4, -0.2) is 15.0 Å². The lowest BCUT2D eigenvalue weighted by Gasteiger charge is -2.15. The summed E-state index contributed by atoms with van der Waals surface area (Å²) in [5, 5.41) is 6.98. The van der Waals surface area contributed by atoms with Crippen LogP contribution in [0.5, 0.6) is 0 Å². The molecule has 48 heavy (non-hydrogen) atoms. The highest BCUT2D eigenvalue weighted by atomic mass is 15.0. The van der Waals surface area contributed by atoms with E-state index in [9.17, 15) is 0 Å². The molecule has 1 heterocycles. The van der Waals surface area contributed by atoms with Gasteiger partial charge in [-0.15, -0.1) is 0 Å². The van der Waals surface area contributed by atoms with Crippen LogP contribution in [0, 0.1) is 0 Å². The average molecular weight is 612 g/mol. The van der Waals surface area contributed by atoms with E-state index >= 15 is 0 Å². The molecule has 9 rings (SSSR count). The number of nitrogens with zero attached hydrogens (tertiary/aromatic N) is 3. The van der Waals surface area contributed by atoms with Crippen molar-refractivity contribution in [1.82, 2.24) is 15.0 Å². The molecule has 0 aliphatic rings. The third-order valence-corrected chi connectivity index (χ3v) is 9.14. The van der Waals surface area contributed by atoms with Crippen molar-refractivity contribution in [2.24, 2.45) is 0 Å². The quantitative estimate of drug-likeness (QED) is 0.194. The lowest BCUT2D eigenvalue weighted by atomic mass is 9.93. The first kappa shape index (κ1) is 27.8. The molecular formula is C45H29N3. The molecule has 0 saturated carbocycles. The van der Waals surface area contributed by atoms with Crippen molar-refractivity contribution < 1.29 is 0 Å². The lowest BCUT2D eigenvalue weighted by Crippen LogP contribution is -2.01. The predicted octanol–water partition coefficient (Wildman–Crippen LogP) is 11.7. The smallest absolute Gasteiger partial charge is 0.164 e. The highest BCUT2D eigenvalue weighted by Crippen LogP contribution is 2.38. The molecule has 0 atom stereocenters. The van der Waals surface area contributed by atoms with Gasteiger partial charge in [-0.2, -0.15) is 0 Å². The molecule has 224 valence electrons. The number of rotatable bonds is 5. The number of hydrogen-bond donors (Lipinski definition) is 0. The first-order chi connectivity index (χ1) is 23.8. The Morgan fingerprint density at radius 3 is 1.25 bits per heavy atom. The van der Waals surface area contributed by atoms with Crippen LogP contribution in [0.4, 0.5) is 0 Å². The Morgan fingerprint density at radius 2 is 0.667 bits per heavy atom. The van der Waals surface area contributed by atoms with E-state index in [0.717, 1.165) is 38.2 Å². The highest BCUT2D eigenvalue weighted by molar-refractivity contribution is 6.06. The van der Waals surface area contributed by atoms with Crippen LogP contribution in [0.15, 0.2) is 176 Å². The van der Waals surface area contributed by atoms with Crippen molar-refractivity contribution in [3.8, 4) is 56.4 Å². The topological polar surface area (TPSA) is 38.7 Å². The van der Waals surface area contributed by atoms with Crippen LogP contribution < -0.4 is 0 Å². The summed E-state index contributed by atoms with van der Waals surface area (Å²) < 4.78 is 0. The number of benzene rings is 8. The predicted molar refractivity (Wildman–Crippen MR) is 200 cm³/mol. The minimum absolute atomic E-state index is 0.648. The van der Waals surface area contributed by atoms with Crippen LogP contribution in [-0.2, 0) is 0 Å². The van der Waals surface area contributed by atoms with E-state index in [2.05, 4.69) is 158 Å². The second kappa shape index (κ2) is 11.7. The van der Waals surface area contributed by atoms with Crippen LogP contribution in [0.25, 0.3) is 88.7 Å². The maximum atomic E-state index is 5.22. The van der Waals surface area contributed by atoms with Gasteiger partial charge in [0.05, 0.1) is 0 Å². The summed E-state index contributed by atoms with van der Waals surface area (Å²) in [6, 6.07) is 61.7. The second-order valence-electron chi connectivity index (χ2n) is 12.0. The molecule has 1 aromatic heterocycles. The lowest BCUT2D eigenvalue weighted by molar-refractivity contribution is 1.08. The summed E-state index contributed by atoms with van der Waals surface area (Å²) in [6.07, 6.45) is 0. The van der Waals surface area contributed by atoms with E-state index in [1.54, 1.807) is 0 Å². The van der Waals surface area contributed by atoms with Crippen LogP contribution in [0.1, 0.15) is 0 Å². The van der Waals surface area contributed by atoms with Gasteiger partial charge < -0.3 is 0 Å². The average Bonchev–Trinajstić information content (AvgIpc) is 3.17. The SMILES string of the molecule is c1ccc(-c2nc(-c3ccc(-c4ccccc4)c4ccccc34)nc(-c3ccc(-c4ccc5ccccc5c4)c4ccccc34)n2)cc1. The third-order valence-electron chi connectivity index (χ3n) is 9.14. The number of hydrogen-bond acceptors (Lipinski definition) is 3. The van der Waals surface area contributed by atoms with E-state index < -0.39 is 0 Å². The van der Waals surface area contributed by atoms with Crippen LogP contribution in [0.3, 0.4) is 0 Å². The Kier molecular flexibility index (Phi) is 6.80. The van der Waals surface area contributed by atoms with Gasteiger partial charge in [0, 0.05) is 16.7 Å². The Bertz CT molecular complexity index is 2610. The minimum atomic E-state index is 0.648. The van der Waals surface area contributed by atoms with E-state index in [4.69, 9.17) is 15.0 Å². The fourth-order valence-electron chi connectivity index (χ4n) is 6.80. The van der Waals surface area contributed by atoms with Crippen molar-refractivity contribution >= 4 is 32.3 Å². The van der Waals surface area contributed by atoms with Gasteiger partial charge in [-0.3, -0.25) is 0 Å². The van der Waals surface area contributed by atoms with Gasteiger partial charge in [0.15, 0.2) is 17.5 Å². The summed E-state index contributed by atoms with van der Waals surface area (Å²) >= 11 is 0. The Labute approximate surface area is 278 Å². The van der Waals surface area contributed by atoms with E-state index in [1.165, 1.54) is 33.0 Å². The molecule has 0 bridgehead atoms. The third kappa shape index (κ3) is 4.90. The van der Waals surface area contributed by atoms with E-state index in [1.807, 2.05) is 18.2 Å². The molecule has 0 aliphatic carbocycles. The fraction of sp³-hybridized carbons (Fsp3) is 0.